The van der Waals surface area contributed by atoms with Crippen LogP contribution < -0.4 is 25.6 Å². The molecule has 17 heteroatoms. The molecule has 1 aliphatic carbocycles. The molecule has 68 heavy (non-hydrogen) atoms. The molecule has 0 bridgehead atoms. The van der Waals surface area contributed by atoms with Crippen molar-refractivity contribution in [1.82, 2.24) is 30.7 Å². The topological polar surface area (TPSA) is 189 Å². The third-order valence-electron chi connectivity index (χ3n) is 13.5. The van der Waals surface area contributed by atoms with Gasteiger partial charge in [-0.15, -0.1) is 0 Å². The lowest BCUT2D eigenvalue weighted by molar-refractivity contribution is -0.164. The Morgan fingerprint density at radius 2 is 1.65 bits per heavy atom. The molecule has 4 atom stereocenters. The number of amides is 4. The number of anilines is 1. The van der Waals surface area contributed by atoms with Gasteiger partial charge in [-0.3, -0.25) is 24.1 Å². The number of carbonyl (C=O) groups is 4. The zero-order valence-corrected chi connectivity index (χ0v) is 42.3. The summed E-state index contributed by atoms with van der Waals surface area (Å²) in [5.74, 6) is 0.0640. The summed E-state index contributed by atoms with van der Waals surface area (Å²) >= 11 is 12.3. The fraction of sp³-hybridized carbons (Fsp3) is 0.569. The molecule has 2 aliphatic heterocycles. The molecule has 3 fully saturated rings. The minimum absolute atomic E-state index is 0.0199. The van der Waals surface area contributed by atoms with Crippen molar-refractivity contribution in [3.8, 4) is 11.8 Å². The number of β-amino-alcohol motifs (C(OH)–C–C–N with tert-alkyl or cyclic N) is 1. The Hall–Kier alpha value is -4.98. The van der Waals surface area contributed by atoms with Crippen LogP contribution in [0.5, 0.6) is 5.75 Å². The molecule has 0 spiro atoms. The maximum Gasteiger partial charge on any atom is 0.253 e. The molecule has 6 rings (SSSR count). The van der Waals surface area contributed by atoms with Crippen LogP contribution in [0.2, 0.25) is 10.0 Å². The van der Waals surface area contributed by atoms with E-state index in [2.05, 4.69) is 64.5 Å². The molecule has 368 valence electrons. The number of aromatic nitrogens is 1. The van der Waals surface area contributed by atoms with Crippen molar-refractivity contribution < 1.29 is 33.8 Å². The number of pyridine rings is 1. The van der Waals surface area contributed by atoms with Gasteiger partial charge < -0.3 is 40.3 Å². The van der Waals surface area contributed by atoms with Gasteiger partial charge in [-0.05, 0) is 59.7 Å². The van der Waals surface area contributed by atoms with E-state index in [0.717, 1.165) is 24.5 Å². The molecular weight excluding hydrogens is 908 g/mol. The average molecular weight is 976 g/mol. The van der Waals surface area contributed by atoms with Crippen molar-refractivity contribution >= 4 is 52.6 Å². The van der Waals surface area contributed by atoms with E-state index in [1.807, 2.05) is 52.8 Å². The van der Waals surface area contributed by atoms with Crippen LogP contribution in [0, 0.1) is 33.5 Å². The number of piperazine rings is 1. The van der Waals surface area contributed by atoms with Crippen LogP contribution in [-0.4, -0.2) is 126 Å². The van der Waals surface area contributed by atoms with E-state index in [-0.39, 0.29) is 49.4 Å². The van der Waals surface area contributed by atoms with Crippen LogP contribution in [0.3, 0.4) is 0 Å². The van der Waals surface area contributed by atoms with Gasteiger partial charge in [0.25, 0.3) is 5.91 Å². The lowest BCUT2D eigenvalue weighted by atomic mass is 9.49. The van der Waals surface area contributed by atoms with E-state index < -0.39 is 52.4 Å². The van der Waals surface area contributed by atoms with Crippen molar-refractivity contribution in [3.05, 3.63) is 87.5 Å². The van der Waals surface area contributed by atoms with Gasteiger partial charge in [-0.25, -0.2) is 4.98 Å². The fourth-order valence-corrected chi connectivity index (χ4v) is 10.3. The largest absolute Gasteiger partial charge is 0.489 e. The number of nitrogens with zero attached hydrogens (tertiary/aromatic N) is 5. The number of hydrogen-bond donors (Lipinski definition) is 4. The summed E-state index contributed by atoms with van der Waals surface area (Å²) in [4.78, 5) is 65.7. The van der Waals surface area contributed by atoms with Gasteiger partial charge in [0.2, 0.25) is 17.7 Å². The van der Waals surface area contributed by atoms with Crippen LogP contribution in [0.15, 0.2) is 60.8 Å². The lowest BCUT2D eigenvalue weighted by Crippen LogP contribution is -2.74. The number of aliphatic hydroxyl groups is 1. The monoisotopic (exact) mass is 974 g/mol. The second-order valence-electron chi connectivity index (χ2n) is 21.1. The summed E-state index contributed by atoms with van der Waals surface area (Å²) in [6.45, 7) is 21.9. The number of ether oxygens (including phenoxy) is 2. The molecule has 0 radical (unpaired) electrons. The van der Waals surface area contributed by atoms with Gasteiger partial charge in [0, 0.05) is 86.4 Å². The molecule has 4 amide bonds. The van der Waals surface area contributed by atoms with Gasteiger partial charge in [0.15, 0.2) is 0 Å². The number of hydrogen-bond acceptors (Lipinski definition) is 11. The smallest absolute Gasteiger partial charge is 0.253 e. The molecule has 3 heterocycles. The van der Waals surface area contributed by atoms with E-state index in [9.17, 15) is 29.5 Å². The first-order valence-electron chi connectivity index (χ1n) is 23.5. The Labute approximate surface area is 411 Å². The van der Waals surface area contributed by atoms with Gasteiger partial charge >= 0.3 is 0 Å². The van der Waals surface area contributed by atoms with Crippen LogP contribution in [0.1, 0.15) is 96.6 Å². The quantitative estimate of drug-likeness (QED) is 0.120. The zero-order valence-electron chi connectivity index (χ0n) is 40.8. The standard InChI is InChI=1S/C51H68Cl2N8O7/c1-31(2)24-40(45(65)57-42(49(3,4)5)46(66)61-30-36(62)25-39(61)44(64)56-28-32-10-14-35(52)15-11-32)67-23-22-59-18-20-60(21-19-59)41-17-13-34(29-55-41)43(63)58-47-50(6,7)48(51(47,8)9)68-37-16-12-33(27-54)38(53)26-37/h10-17,26,29,31,36,39-40,42,47-48,62H,18-25,28,30H2,1-9H3,(H,56,64)(H,57,65)(H,58,63)/t36-,39+,40+,42-,47?,48?/m1/s1. The first kappa shape index (κ1) is 52.4. The summed E-state index contributed by atoms with van der Waals surface area (Å²) in [5.41, 5.74) is 0.166. The van der Waals surface area contributed by atoms with Crippen LogP contribution in [0.25, 0.3) is 0 Å². The number of likely N-dealkylation sites (tertiary alicyclic amines) is 1. The normalized spacial score (nSPS) is 22.1. The highest BCUT2D eigenvalue weighted by atomic mass is 35.5. The van der Waals surface area contributed by atoms with Crippen LogP contribution in [0.4, 0.5) is 5.82 Å². The Kier molecular flexibility index (Phi) is 16.8. The van der Waals surface area contributed by atoms with Crippen LogP contribution >= 0.6 is 23.2 Å². The molecule has 2 aromatic carbocycles. The van der Waals surface area contributed by atoms with Crippen molar-refractivity contribution in [1.29, 1.82) is 5.26 Å². The van der Waals surface area contributed by atoms with Crippen molar-refractivity contribution in [2.45, 2.75) is 118 Å². The maximum absolute atomic E-state index is 14.2. The number of benzene rings is 2. The fourth-order valence-electron chi connectivity index (χ4n) is 9.99. The Balaban J connectivity index is 0.974. The van der Waals surface area contributed by atoms with Gasteiger partial charge in [0.1, 0.15) is 41.9 Å². The van der Waals surface area contributed by atoms with Crippen molar-refractivity contribution in [2.75, 3.05) is 50.8 Å². The Bertz CT molecular complexity index is 2290. The highest BCUT2D eigenvalue weighted by molar-refractivity contribution is 6.31. The van der Waals surface area contributed by atoms with E-state index in [0.29, 0.717) is 59.6 Å². The summed E-state index contributed by atoms with van der Waals surface area (Å²) in [6.07, 6.45) is 0.247. The summed E-state index contributed by atoms with van der Waals surface area (Å²) < 4.78 is 12.7. The number of carbonyl (C=O) groups excluding carboxylic acids is 4. The second kappa shape index (κ2) is 21.8. The van der Waals surface area contributed by atoms with Gasteiger partial charge in [-0.1, -0.05) is 97.6 Å². The molecule has 3 aliphatic rings. The van der Waals surface area contributed by atoms with E-state index in [1.54, 1.807) is 42.6 Å². The van der Waals surface area contributed by atoms with Crippen molar-refractivity contribution in [3.63, 3.8) is 0 Å². The summed E-state index contributed by atoms with van der Waals surface area (Å²) in [6, 6.07) is 15.8. The first-order chi connectivity index (χ1) is 32.0. The van der Waals surface area contributed by atoms with Crippen molar-refractivity contribution in [2.24, 2.45) is 22.2 Å². The number of halogens is 2. The molecule has 15 nitrogen and oxygen atoms in total. The van der Waals surface area contributed by atoms with Crippen LogP contribution in [-0.2, 0) is 25.7 Å². The second-order valence-corrected chi connectivity index (χ2v) is 21.9. The third kappa shape index (κ3) is 12.4. The minimum Gasteiger partial charge on any atom is -0.489 e. The maximum atomic E-state index is 14.2. The highest BCUT2D eigenvalue weighted by Gasteiger charge is 2.64. The van der Waals surface area contributed by atoms with Gasteiger partial charge in [0.05, 0.1) is 28.9 Å². The number of nitriles is 1. The Morgan fingerprint density at radius 1 is 0.971 bits per heavy atom. The average Bonchev–Trinajstić information content (AvgIpc) is 3.69. The number of rotatable bonds is 17. The lowest BCUT2D eigenvalue weighted by Gasteiger charge is -2.63. The van der Waals surface area contributed by atoms with E-state index in [4.69, 9.17) is 32.7 Å². The molecule has 1 saturated carbocycles. The molecule has 0 unspecified atom stereocenters. The summed E-state index contributed by atoms with van der Waals surface area (Å²) in [5, 5.41) is 29.9. The molecule has 2 saturated heterocycles. The highest BCUT2D eigenvalue weighted by Crippen LogP contribution is 2.55. The zero-order chi connectivity index (χ0) is 49.7. The number of aliphatic hydroxyl groups excluding tert-OH is 1. The number of nitrogens with one attached hydrogen (secondary N) is 3. The molecule has 3 aromatic rings. The SMILES string of the molecule is CC(C)C[C@H](OCCN1CCN(c2ccc(C(=O)NC3C(C)(C)C(Oc4ccc(C#N)c(Cl)c4)C3(C)C)cn2)CC1)C(=O)N[C@H](C(=O)N1C[C@H](O)C[C@H]1C(=O)NCc1ccc(Cl)cc1)C(C)(C)C. The van der Waals surface area contributed by atoms with E-state index >= 15 is 0 Å². The summed E-state index contributed by atoms with van der Waals surface area (Å²) in [7, 11) is 0. The molecule has 4 N–H and O–H groups in total. The predicted molar refractivity (Wildman–Crippen MR) is 262 cm³/mol. The minimum atomic E-state index is -0.979. The first-order valence-corrected chi connectivity index (χ1v) is 24.3. The predicted octanol–water partition coefficient (Wildman–Crippen LogP) is 6.23. The molecular formula is C51H68Cl2N8O7. The van der Waals surface area contributed by atoms with Gasteiger partial charge in [-0.2, -0.15) is 5.26 Å². The third-order valence-corrected chi connectivity index (χ3v) is 14.0. The Morgan fingerprint density at radius 3 is 2.24 bits per heavy atom. The molecule has 1 aromatic heterocycles. The van der Waals surface area contributed by atoms with E-state index in [1.165, 1.54) is 4.90 Å².